The molecule has 0 saturated carbocycles. The molecule has 0 heterocycles. The van der Waals surface area contributed by atoms with Gasteiger partial charge in [-0.15, -0.1) is 0 Å². The molecule has 3 nitrogen and oxygen atoms in total. The van der Waals surface area contributed by atoms with Crippen LogP contribution in [-0.2, 0) is 6.54 Å². The third-order valence-electron chi connectivity index (χ3n) is 3.12. The lowest BCUT2D eigenvalue weighted by atomic mass is 10.1. The van der Waals surface area contributed by atoms with Crippen molar-refractivity contribution in [2.75, 3.05) is 12.4 Å². The number of ether oxygens (including phenoxy) is 1. The summed E-state index contributed by atoms with van der Waals surface area (Å²) in [4.78, 5) is 0. The molecule has 1 N–H and O–H groups in total. The van der Waals surface area contributed by atoms with Crippen molar-refractivity contribution in [3.63, 3.8) is 0 Å². The van der Waals surface area contributed by atoms with Gasteiger partial charge in [-0.2, -0.15) is 5.26 Å². The third kappa shape index (κ3) is 3.69. The lowest BCUT2D eigenvalue weighted by molar-refractivity contribution is 0.413. The van der Waals surface area contributed by atoms with E-state index in [2.05, 4.69) is 27.3 Å². The predicted octanol–water partition coefficient (Wildman–Crippen LogP) is 4.90. The van der Waals surface area contributed by atoms with Crippen molar-refractivity contribution >= 4 is 33.2 Å². The molecule has 0 saturated heterocycles. The number of anilines is 1. The van der Waals surface area contributed by atoms with E-state index in [-0.39, 0.29) is 0 Å². The van der Waals surface area contributed by atoms with Crippen LogP contribution >= 0.6 is 27.5 Å². The lowest BCUT2D eigenvalue weighted by Gasteiger charge is -2.12. The number of benzene rings is 2. The summed E-state index contributed by atoms with van der Waals surface area (Å²) in [5.41, 5.74) is 3.50. The molecule has 0 aliphatic carbocycles. The smallest absolute Gasteiger partial charge is 0.136 e. The van der Waals surface area contributed by atoms with Gasteiger partial charge in [-0.05, 0) is 58.2 Å². The van der Waals surface area contributed by atoms with Crippen molar-refractivity contribution in [3.8, 4) is 11.8 Å². The topological polar surface area (TPSA) is 45.0 Å². The average Bonchev–Trinajstić information content (AvgIpc) is 2.49. The second kappa shape index (κ2) is 6.84. The summed E-state index contributed by atoms with van der Waals surface area (Å²) in [6.45, 7) is 2.57. The maximum Gasteiger partial charge on any atom is 0.136 e. The van der Waals surface area contributed by atoms with Gasteiger partial charge in [0.1, 0.15) is 11.8 Å². The van der Waals surface area contributed by atoms with Gasteiger partial charge in [-0.25, -0.2) is 0 Å². The second-order valence-corrected chi connectivity index (χ2v) is 5.84. The van der Waals surface area contributed by atoms with Crippen LogP contribution in [0.3, 0.4) is 0 Å². The van der Waals surface area contributed by atoms with E-state index in [0.29, 0.717) is 17.9 Å². The van der Waals surface area contributed by atoms with Gasteiger partial charge >= 0.3 is 0 Å². The maximum absolute atomic E-state index is 8.97. The molecular formula is C16H14BrClN2O. The molecule has 0 spiro atoms. The summed E-state index contributed by atoms with van der Waals surface area (Å²) in [7, 11) is 1.56. The van der Waals surface area contributed by atoms with Gasteiger partial charge in [-0.3, -0.25) is 0 Å². The Morgan fingerprint density at radius 2 is 2.10 bits per heavy atom. The Morgan fingerprint density at radius 1 is 1.33 bits per heavy atom. The zero-order valence-electron chi connectivity index (χ0n) is 11.7. The summed E-state index contributed by atoms with van der Waals surface area (Å²) in [5, 5.41) is 13.0. The van der Waals surface area contributed by atoms with Gasteiger partial charge in [0.2, 0.25) is 0 Å². The largest absolute Gasteiger partial charge is 0.495 e. The number of nitrogens with zero attached hydrogens (tertiary/aromatic N) is 1. The molecule has 2 aromatic rings. The minimum atomic E-state index is 0.529. The van der Waals surface area contributed by atoms with E-state index in [4.69, 9.17) is 21.6 Å². The van der Waals surface area contributed by atoms with E-state index in [1.807, 2.05) is 31.2 Å². The van der Waals surface area contributed by atoms with Crippen LogP contribution in [0.15, 0.2) is 34.8 Å². The van der Waals surface area contributed by atoms with Crippen LogP contribution in [-0.4, -0.2) is 7.11 Å². The minimum Gasteiger partial charge on any atom is -0.495 e. The van der Waals surface area contributed by atoms with Gasteiger partial charge in [0.05, 0.1) is 18.4 Å². The molecule has 0 radical (unpaired) electrons. The predicted molar refractivity (Wildman–Crippen MR) is 88.9 cm³/mol. The number of methoxy groups -OCH3 is 1. The Balaban J connectivity index is 2.17. The number of aryl methyl sites for hydroxylation is 1. The molecule has 2 rings (SSSR count). The van der Waals surface area contributed by atoms with Crippen molar-refractivity contribution in [1.82, 2.24) is 0 Å². The number of nitrogens with one attached hydrogen (secondary N) is 1. The summed E-state index contributed by atoms with van der Waals surface area (Å²) >= 11 is 9.65. The third-order valence-corrected chi connectivity index (χ3v) is 4.18. The fraction of sp³-hybridized carbons (Fsp3) is 0.188. The molecule has 21 heavy (non-hydrogen) atoms. The first-order valence-electron chi connectivity index (χ1n) is 6.31. The molecule has 0 aromatic heterocycles. The number of halogens is 2. The standard InChI is InChI=1S/C16H14BrClN2O/c1-10-5-13(17)15(7-14(10)18)20-9-11-3-4-12(8-19)16(6-11)21-2/h3-7,20H,9H2,1-2H3. The second-order valence-electron chi connectivity index (χ2n) is 4.58. The number of hydrogen-bond acceptors (Lipinski definition) is 3. The molecule has 0 aliphatic heterocycles. The van der Waals surface area contributed by atoms with Gasteiger partial charge in [0.25, 0.3) is 0 Å². The molecule has 5 heteroatoms. The van der Waals surface area contributed by atoms with Crippen molar-refractivity contribution in [2.24, 2.45) is 0 Å². The highest BCUT2D eigenvalue weighted by Crippen LogP contribution is 2.29. The highest BCUT2D eigenvalue weighted by atomic mass is 79.9. The minimum absolute atomic E-state index is 0.529. The van der Waals surface area contributed by atoms with E-state index in [0.717, 1.165) is 26.3 Å². The van der Waals surface area contributed by atoms with Crippen LogP contribution < -0.4 is 10.1 Å². The zero-order valence-corrected chi connectivity index (χ0v) is 14.0. The van der Waals surface area contributed by atoms with Gasteiger partial charge in [0, 0.05) is 16.0 Å². The lowest BCUT2D eigenvalue weighted by Crippen LogP contribution is -2.01. The van der Waals surface area contributed by atoms with Crippen LogP contribution in [0, 0.1) is 18.3 Å². The van der Waals surface area contributed by atoms with Crippen molar-refractivity contribution in [3.05, 3.63) is 56.5 Å². The molecule has 0 atom stereocenters. The van der Waals surface area contributed by atoms with Crippen LogP contribution in [0.5, 0.6) is 5.75 Å². The number of rotatable bonds is 4. The van der Waals surface area contributed by atoms with Gasteiger partial charge in [-0.1, -0.05) is 17.7 Å². The molecule has 0 unspecified atom stereocenters. The Kier molecular flexibility index (Phi) is 5.11. The van der Waals surface area contributed by atoms with E-state index in [1.165, 1.54) is 0 Å². The Bertz CT molecular complexity index is 710. The van der Waals surface area contributed by atoms with Crippen LogP contribution in [0.25, 0.3) is 0 Å². The van der Waals surface area contributed by atoms with Gasteiger partial charge in [0.15, 0.2) is 0 Å². The van der Waals surface area contributed by atoms with E-state index in [9.17, 15) is 0 Å². The van der Waals surface area contributed by atoms with E-state index >= 15 is 0 Å². The molecule has 2 aromatic carbocycles. The highest BCUT2D eigenvalue weighted by Gasteiger charge is 2.06. The monoisotopic (exact) mass is 364 g/mol. The Morgan fingerprint density at radius 3 is 2.76 bits per heavy atom. The van der Waals surface area contributed by atoms with E-state index in [1.54, 1.807) is 13.2 Å². The molecule has 0 bridgehead atoms. The quantitative estimate of drug-likeness (QED) is 0.838. The fourth-order valence-corrected chi connectivity index (χ4v) is 2.68. The molecule has 108 valence electrons. The molecular weight excluding hydrogens is 352 g/mol. The average molecular weight is 366 g/mol. The van der Waals surface area contributed by atoms with Crippen molar-refractivity contribution in [2.45, 2.75) is 13.5 Å². The summed E-state index contributed by atoms with van der Waals surface area (Å²) in [5.74, 6) is 0.581. The van der Waals surface area contributed by atoms with Crippen LogP contribution in [0.1, 0.15) is 16.7 Å². The van der Waals surface area contributed by atoms with Crippen LogP contribution in [0.2, 0.25) is 5.02 Å². The Labute approximate surface area is 137 Å². The first-order valence-corrected chi connectivity index (χ1v) is 7.48. The maximum atomic E-state index is 8.97. The van der Waals surface area contributed by atoms with E-state index < -0.39 is 0 Å². The first kappa shape index (κ1) is 15.7. The first-order chi connectivity index (χ1) is 10.0. The number of hydrogen-bond donors (Lipinski definition) is 1. The van der Waals surface area contributed by atoms with Crippen molar-refractivity contribution in [1.29, 1.82) is 5.26 Å². The summed E-state index contributed by atoms with van der Waals surface area (Å²) < 4.78 is 6.17. The highest BCUT2D eigenvalue weighted by molar-refractivity contribution is 9.10. The SMILES string of the molecule is COc1cc(CNc2cc(Cl)c(C)cc2Br)ccc1C#N. The molecule has 0 fully saturated rings. The summed E-state index contributed by atoms with van der Waals surface area (Å²) in [6.07, 6.45) is 0. The molecule has 0 aliphatic rings. The normalized spacial score (nSPS) is 10.0. The molecule has 0 amide bonds. The Hall–Kier alpha value is -1.70. The fourth-order valence-electron chi connectivity index (χ4n) is 1.92. The zero-order chi connectivity index (χ0) is 15.4. The van der Waals surface area contributed by atoms with Crippen LogP contribution in [0.4, 0.5) is 5.69 Å². The van der Waals surface area contributed by atoms with Gasteiger partial charge < -0.3 is 10.1 Å². The van der Waals surface area contributed by atoms with Crippen molar-refractivity contribution < 1.29 is 4.74 Å². The number of nitriles is 1. The summed E-state index contributed by atoms with van der Waals surface area (Å²) in [6, 6.07) is 11.5.